The molecule has 5 nitrogen and oxygen atoms in total. The molecule has 0 aliphatic rings. The van der Waals surface area contributed by atoms with E-state index < -0.39 is 11.9 Å². The lowest BCUT2D eigenvalue weighted by Gasteiger charge is -2.19. The van der Waals surface area contributed by atoms with Crippen molar-refractivity contribution in [3.05, 3.63) is 0 Å². The highest BCUT2D eigenvalue weighted by atomic mass is 16.4. The number of carboxylic acids is 1. The molecular weight excluding hydrogens is 196 g/mol. The molecule has 15 heavy (non-hydrogen) atoms. The Labute approximate surface area is 90.2 Å². The predicted octanol–water partition coefficient (Wildman–Crippen LogP) is 0.439. The van der Waals surface area contributed by atoms with Gasteiger partial charge in [0.2, 0.25) is 5.91 Å². The van der Waals surface area contributed by atoms with Gasteiger partial charge in [0.05, 0.1) is 13.0 Å². The standard InChI is InChI=1S/C10H20N2O3/c1-2-3-4-6-12(8-9(11)13)7-5-10(14)15/h2-8H2,1H3,(H2,11,13)(H,14,15). The Morgan fingerprint density at radius 3 is 2.40 bits per heavy atom. The van der Waals surface area contributed by atoms with E-state index in [1.54, 1.807) is 4.90 Å². The van der Waals surface area contributed by atoms with Gasteiger partial charge < -0.3 is 10.8 Å². The predicted molar refractivity (Wildman–Crippen MR) is 57.4 cm³/mol. The minimum absolute atomic E-state index is 0.0550. The van der Waals surface area contributed by atoms with E-state index in [1.165, 1.54) is 0 Å². The molecule has 0 saturated heterocycles. The third-order valence-corrected chi connectivity index (χ3v) is 2.10. The van der Waals surface area contributed by atoms with E-state index in [9.17, 15) is 9.59 Å². The lowest BCUT2D eigenvalue weighted by molar-refractivity contribution is -0.137. The van der Waals surface area contributed by atoms with Crippen molar-refractivity contribution in [1.82, 2.24) is 4.90 Å². The second-order valence-corrected chi connectivity index (χ2v) is 3.59. The second kappa shape index (κ2) is 8.23. The summed E-state index contributed by atoms with van der Waals surface area (Å²) in [6.07, 6.45) is 3.22. The molecule has 0 aromatic heterocycles. The maximum absolute atomic E-state index is 10.7. The fourth-order valence-electron chi connectivity index (χ4n) is 1.33. The number of unbranched alkanes of at least 4 members (excludes halogenated alkanes) is 2. The van der Waals surface area contributed by atoms with Crippen molar-refractivity contribution in [3.63, 3.8) is 0 Å². The molecule has 0 atom stereocenters. The topological polar surface area (TPSA) is 83.6 Å². The molecule has 0 heterocycles. The summed E-state index contributed by atoms with van der Waals surface area (Å²) in [5, 5.41) is 8.53. The zero-order valence-corrected chi connectivity index (χ0v) is 9.24. The molecule has 0 aromatic carbocycles. The van der Waals surface area contributed by atoms with Crippen LogP contribution in [0.15, 0.2) is 0 Å². The fourth-order valence-corrected chi connectivity index (χ4v) is 1.33. The molecule has 0 radical (unpaired) electrons. The SMILES string of the molecule is CCCCCN(CCC(=O)O)CC(N)=O. The van der Waals surface area contributed by atoms with E-state index in [-0.39, 0.29) is 13.0 Å². The number of hydrogen-bond acceptors (Lipinski definition) is 3. The Bertz CT molecular complexity index is 207. The van der Waals surface area contributed by atoms with Crippen LogP contribution in [0.25, 0.3) is 0 Å². The number of carboxylic acid groups (broad SMARTS) is 1. The van der Waals surface area contributed by atoms with Crippen molar-refractivity contribution in [2.75, 3.05) is 19.6 Å². The number of aliphatic carboxylic acids is 1. The Balaban J connectivity index is 3.83. The van der Waals surface area contributed by atoms with Crippen LogP contribution in [0.4, 0.5) is 0 Å². The molecule has 0 fully saturated rings. The van der Waals surface area contributed by atoms with Crippen LogP contribution in [0, 0.1) is 0 Å². The number of hydrogen-bond donors (Lipinski definition) is 2. The summed E-state index contributed by atoms with van der Waals surface area (Å²) in [4.78, 5) is 22.9. The lowest BCUT2D eigenvalue weighted by atomic mass is 10.2. The molecule has 88 valence electrons. The van der Waals surface area contributed by atoms with Gasteiger partial charge in [-0.2, -0.15) is 0 Å². The average molecular weight is 216 g/mol. The molecule has 0 rings (SSSR count). The first-order valence-electron chi connectivity index (χ1n) is 5.28. The second-order valence-electron chi connectivity index (χ2n) is 3.59. The molecule has 0 unspecified atom stereocenters. The molecule has 0 aliphatic heterocycles. The number of amides is 1. The van der Waals surface area contributed by atoms with Gasteiger partial charge in [0.25, 0.3) is 0 Å². The maximum Gasteiger partial charge on any atom is 0.304 e. The average Bonchev–Trinajstić information content (AvgIpc) is 2.13. The molecule has 0 aromatic rings. The van der Waals surface area contributed by atoms with Gasteiger partial charge in [-0.1, -0.05) is 19.8 Å². The summed E-state index contributed by atoms with van der Waals surface area (Å²) in [5.41, 5.74) is 5.08. The minimum atomic E-state index is -0.847. The summed E-state index contributed by atoms with van der Waals surface area (Å²) < 4.78 is 0. The van der Waals surface area contributed by atoms with Gasteiger partial charge in [-0.25, -0.2) is 0 Å². The largest absolute Gasteiger partial charge is 0.481 e. The zero-order valence-electron chi connectivity index (χ0n) is 9.24. The highest BCUT2D eigenvalue weighted by Crippen LogP contribution is 1.99. The van der Waals surface area contributed by atoms with Crippen molar-refractivity contribution < 1.29 is 14.7 Å². The van der Waals surface area contributed by atoms with Gasteiger partial charge in [0.1, 0.15) is 0 Å². The van der Waals surface area contributed by atoms with Crippen molar-refractivity contribution in [2.24, 2.45) is 5.73 Å². The van der Waals surface area contributed by atoms with Crippen LogP contribution in [0.2, 0.25) is 0 Å². The molecule has 1 amide bonds. The van der Waals surface area contributed by atoms with E-state index in [4.69, 9.17) is 10.8 Å². The number of nitrogens with two attached hydrogens (primary N) is 1. The molecule has 0 bridgehead atoms. The highest BCUT2D eigenvalue weighted by Gasteiger charge is 2.09. The van der Waals surface area contributed by atoms with Gasteiger partial charge in [0.15, 0.2) is 0 Å². The monoisotopic (exact) mass is 216 g/mol. The summed E-state index contributed by atoms with van der Waals surface area (Å²) in [7, 11) is 0. The summed E-state index contributed by atoms with van der Waals surface area (Å²) in [6, 6.07) is 0. The number of carbonyl (C=O) groups is 2. The van der Waals surface area contributed by atoms with Gasteiger partial charge in [0, 0.05) is 6.54 Å². The fraction of sp³-hybridized carbons (Fsp3) is 0.800. The van der Waals surface area contributed by atoms with E-state index in [0.29, 0.717) is 6.54 Å². The van der Waals surface area contributed by atoms with Crippen LogP contribution in [0.3, 0.4) is 0 Å². The molecular formula is C10H20N2O3. The third kappa shape index (κ3) is 9.21. The molecule has 5 heteroatoms. The van der Waals surface area contributed by atoms with Crippen molar-refractivity contribution in [2.45, 2.75) is 32.6 Å². The van der Waals surface area contributed by atoms with Crippen molar-refractivity contribution in [1.29, 1.82) is 0 Å². The normalized spacial score (nSPS) is 10.5. The van der Waals surface area contributed by atoms with Crippen LogP contribution >= 0.6 is 0 Å². The summed E-state index contributed by atoms with van der Waals surface area (Å²) in [5.74, 6) is -1.25. The van der Waals surface area contributed by atoms with Crippen LogP contribution in [0.1, 0.15) is 32.6 Å². The summed E-state index contributed by atoms with van der Waals surface area (Å²) >= 11 is 0. The van der Waals surface area contributed by atoms with Crippen LogP contribution in [0.5, 0.6) is 0 Å². The molecule has 0 spiro atoms. The van der Waals surface area contributed by atoms with Gasteiger partial charge in [-0.05, 0) is 13.0 Å². The van der Waals surface area contributed by atoms with E-state index in [2.05, 4.69) is 6.92 Å². The van der Waals surface area contributed by atoms with E-state index in [0.717, 1.165) is 25.8 Å². The smallest absolute Gasteiger partial charge is 0.304 e. The molecule has 3 N–H and O–H groups in total. The van der Waals surface area contributed by atoms with Gasteiger partial charge >= 0.3 is 5.97 Å². The van der Waals surface area contributed by atoms with E-state index in [1.807, 2.05) is 0 Å². The van der Waals surface area contributed by atoms with Gasteiger partial charge in [-0.15, -0.1) is 0 Å². The van der Waals surface area contributed by atoms with Gasteiger partial charge in [-0.3, -0.25) is 14.5 Å². The minimum Gasteiger partial charge on any atom is -0.481 e. The van der Waals surface area contributed by atoms with Crippen LogP contribution in [-0.4, -0.2) is 41.5 Å². The third-order valence-electron chi connectivity index (χ3n) is 2.10. The molecule has 0 saturated carbocycles. The number of carbonyl (C=O) groups excluding carboxylic acids is 1. The number of nitrogens with zero attached hydrogens (tertiary/aromatic N) is 1. The van der Waals surface area contributed by atoms with Crippen molar-refractivity contribution >= 4 is 11.9 Å². The Kier molecular flexibility index (Phi) is 7.62. The van der Waals surface area contributed by atoms with E-state index >= 15 is 0 Å². The van der Waals surface area contributed by atoms with Crippen molar-refractivity contribution in [3.8, 4) is 0 Å². The summed E-state index contributed by atoms with van der Waals surface area (Å²) in [6.45, 7) is 3.37. The Morgan fingerprint density at radius 2 is 1.93 bits per heavy atom. The highest BCUT2D eigenvalue weighted by molar-refractivity contribution is 5.76. The number of rotatable bonds is 9. The Morgan fingerprint density at radius 1 is 1.27 bits per heavy atom. The lowest BCUT2D eigenvalue weighted by Crippen LogP contribution is -2.35. The first kappa shape index (κ1) is 13.9. The first-order chi connectivity index (χ1) is 7.06. The first-order valence-corrected chi connectivity index (χ1v) is 5.28. The van der Waals surface area contributed by atoms with Crippen LogP contribution < -0.4 is 5.73 Å². The zero-order chi connectivity index (χ0) is 11.7. The van der Waals surface area contributed by atoms with Crippen LogP contribution in [-0.2, 0) is 9.59 Å². The quantitative estimate of drug-likeness (QED) is 0.548. The molecule has 0 aliphatic carbocycles. The number of primary amides is 1. The maximum atomic E-state index is 10.7. The Hall–Kier alpha value is -1.10.